The van der Waals surface area contributed by atoms with E-state index >= 15 is 0 Å². The fourth-order valence-corrected chi connectivity index (χ4v) is 6.99. The van der Waals surface area contributed by atoms with Gasteiger partial charge in [0.2, 0.25) is 5.91 Å². The number of likely N-dealkylation sites (tertiary alicyclic amines) is 1. The number of thioether (sulfide) groups is 1. The minimum Gasteiger partial charge on any atom is -0.333 e. The fraction of sp³-hybridized carbons (Fsp3) is 0.318. The van der Waals surface area contributed by atoms with Crippen LogP contribution in [0.25, 0.3) is 20.4 Å². The summed E-state index contributed by atoms with van der Waals surface area (Å²) in [6.45, 7) is 0.852. The van der Waals surface area contributed by atoms with Gasteiger partial charge in [-0.1, -0.05) is 36.0 Å². The number of amides is 1. The number of carbonyl (C=O) groups is 1. The summed E-state index contributed by atoms with van der Waals surface area (Å²) < 4.78 is 3.52. The highest BCUT2D eigenvalue weighted by atomic mass is 32.2. The summed E-state index contributed by atoms with van der Waals surface area (Å²) in [5.74, 6) is 1.18. The second-order valence-corrected chi connectivity index (χ2v) is 10.6. The summed E-state index contributed by atoms with van der Waals surface area (Å²) in [4.78, 5) is 24.4. The van der Waals surface area contributed by atoms with Crippen LogP contribution in [-0.4, -0.2) is 33.1 Å². The van der Waals surface area contributed by atoms with Gasteiger partial charge in [0.1, 0.15) is 5.01 Å². The second kappa shape index (κ2) is 8.42. The molecule has 148 valence electrons. The topological polar surface area (TPSA) is 46.1 Å². The number of carbonyl (C=O) groups excluding carboxylic acids is 1. The summed E-state index contributed by atoms with van der Waals surface area (Å²) in [5.41, 5.74) is 2.10. The predicted octanol–water partition coefficient (Wildman–Crippen LogP) is 6.14. The van der Waals surface area contributed by atoms with Gasteiger partial charge in [0.25, 0.3) is 0 Å². The molecule has 1 aliphatic rings. The third-order valence-electron chi connectivity index (χ3n) is 5.20. The molecule has 0 N–H and O–H groups in total. The molecule has 1 atom stereocenters. The van der Waals surface area contributed by atoms with Crippen LogP contribution in [0.4, 0.5) is 0 Å². The van der Waals surface area contributed by atoms with Crippen molar-refractivity contribution in [2.75, 3.05) is 12.3 Å². The van der Waals surface area contributed by atoms with Crippen LogP contribution in [0.2, 0.25) is 0 Å². The van der Waals surface area contributed by atoms with Crippen LogP contribution < -0.4 is 0 Å². The van der Waals surface area contributed by atoms with E-state index in [1.807, 2.05) is 24.3 Å². The molecule has 5 rings (SSSR count). The number of aromatic nitrogens is 2. The Morgan fingerprint density at radius 3 is 2.52 bits per heavy atom. The van der Waals surface area contributed by atoms with Crippen molar-refractivity contribution >= 4 is 60.8 Å². The van der Waals surface area contributed by atoms with Gasteiger partial charge in [-0.3, -0.25) is 4.79 Å². The van der Waals surface area contributed by atoms with Crippen LogP contribution in [0.15, 0.2) is 52.9 Å². The molecule has 7 heteroatoms. The molecule has 0 unspecified atom stereocenters. The molecule has 0 saturated carbocycles. The van der Waals surface area contributed by atoms with Gasteiger partial charge >= 0.3 is 0 Å². The molecule has 1 amide bonds. The lowest BCUT2D eigenvalue weighted by atomic mass is 10.2. The standard InChI is InChI=1S/C22H21N3OS3/c26-20(12-6-14-27-22-24-16-8-2-4-11-19(16)29-22)25-13-5-9-17(25)21-23-15-7-1-3-10-18(15)28-21/h1-4,7-8,10-11,17H,5-6,9,12-14H2/t17-/m0/s1. The minimum absolute atomic E-state index is 0.150. The highest BCUT2D eigenvalue weighted by Crippen LogP contribution is 2.37. The van der Waals surface area contributed by atoms with Gasteiger partial charge in [0.15, 0.2) is 4.34 Å². The molecule has 0 radical (unpaired) electrons. The first-order valence-corrected chi connectivity index (χ1v) is 12.5. The molecule has 1 fully saturated rings. The van der Waals surface area contributed by atoms with Crippen molar-refractivity contribution in [3.63, 3.8) is 0 Å². The zero-order valence-corrected chi connectivity index (χ0v) is 18.4. The third kappa shape index (κ3) is 4.04. The summed E-state index contributed by atoms with van der Waals surface area (Å²) in [7, 11) is 0. The van der Waals surface area contributed by atoms with E-state index in [-0.39, 0.29) is 11.9 Å². The first-order valence-electron chi connectivity index (χ1n) is 9.91. The van der Waals surface area contributed by atoms with Gasteiger partial charge in [-0.2, -0.15) is 0 Å². The number of thiazole rings is 2. The Morgan fingerprint density at radius 2 is 1.76 bits per heavy atom. The second-order valence-electron chi connectivity index (χ2n) is 7.16. The Bertz CT molecular complexity index is 1090. The van der Waals surface area contributed by atoms with Crippen LogP contribution in [0.3, 0.4) is 0 Å². The maximum Gasteiger partial charge on any atom is 0.223 e. The van der Waals surface area contributed by atoms with E-state index in [0.717, 1.165) is 51.9 Å². The van der Waals surface area contributed by atoms with Crippen molar-refractivity contribution in [3.8, 4) is 0 Å². The maximum atomic E-state index is 12.9. The van der Waals surface area contributed by atoms with E-state index in [1.165, 1.54) is 9.40 Å². The molecule has 4 aromatic rings. The average Bonchev–Trinajstić information content (AvgIpc) is 3.47. The highest BCUT2D eigenvalue weighted by molar-refractivity contribution is 8.01. The Morgan fingerprint density at radius 1 is 1.03 bits per heavy atom. The van der Waals surface area contributed by atoms with Crippen molar-refractivity contribution in [3.05, 3.63) is 53.5 Å². The molecule has 0 aliphatic carbocycles. The SMILES string of the molecule is O=C(CCCSc1nc2ccccc2s1)N1CCC[C@H]1c1nc2ccccc2s1. The van der Waals surface area contributed by atoms with Crippen molar-refractivity contribution in [1.29, 1.82) is 0 Å². The Kier molecular flexibility index (Phi) is 5.52. The van der Waals surface area contributed by atoms with Crippen LogP contribution in [0.1, 0.15) is 36.7 Å². The van der Waals surface area contributed by atoms with Gasteiger partial charge in [0, 0.05) is 18.7 Å². The smallest absolute Gasteiger partial charge is 0.223 e. The van der Waals surface area contributed by atoms with Crippen molar-refractivity contribution < 1.29 is 4.79 Å². The van der Waals surface area contributed by atoms with Crippen molar-refractivity contribution in [2.24, 2.45) is 0 Å². The lowest BCUT2D eigenvalue weighted by Gasteiger charge is -2.23. The predicted molar refractivity (Wildman–Crippen MR) is 123 cm³/mol. The Hall–Kier alpha value is -1.96. The summed E-state index contributed by atoms with van der Waals surface area (Å²) in [6, 6.07) is 16.6. The lowest BCUT2D eigenvalue weighted by molar-refractivity contribution is -0.132. The summed E-state index contributed by atoms with van der Waals surface area (Å²) in [5, 5.41) is 1.08. The summed E-state index contributed by atoms with van der Waals surface area (Å²) in [6.07, 6.45) is 3.56. The van der Waals surface area contributed by atoms with E-state index in [0.29, 0.717) is 6.42 Å². The van der Waals surface area contributed by atoms with Gasteiger partial charge in [0.05, 0.1) is 26.5 Å². The van der Waals surface area contributed by atoms with Crippen LogP contribution in [0.5, 0.6) is 0 Å². The fourth-order valence-electron chi connectivity index (χ4n) is 3.79. The van der Waals surface area contributed by atoms with Crippen LogP contribution in [-0.2, 0) is 4.79 Å². The minimum atomic E-state index is 0.150. The lowest BCUT2D eigenvalue weighted by Crippen LogP contribution is -2.30. The van der Waals surface area contributed by atoms with E-state index in [1.54, 1.807) is 34.4 Å². The van der Waals surface area contributed by atoms with Gasteiger partial charge < -0.3 is 4.90 Å². The number of hydrogen-bond donors (Lipinski definition) is 0. The zero-order valence-electron chi connectivity index (χ0n) is 15.9. The Balaban J connectivity index is 1.17. The number of nitrogens with zero attached hydrogens (tertiary/aromatic N) is 3. The number of rotatable bonds is 6. The van der Waals surface area contributed by atoms with Crippen LogP contribution >= 0.6 is 34.4 Å². The van der Waals surface area contributed by atoms with Gasteiger partial charge in [-0.05, 0) is 43.5 Å². The molecule has 4 nitrogen and oxygen atoms in total. The number of hydrogen-bond acceptors (Lipinski definition) is 6. The molecule has 2 aromatic carbocycles. The molecular weight excluding hydrogens is 418 g/mol. The van der Waals surface area contributed by atoms with E-state index in [2.05, 4.69) is 34.1 Å². The van der Waals surface area contributed by atoms with E-state index in [4.69, 9.17) is 4.98 Å². The number of para-hydroxylation sites is 2. The zero-order chi connectivity index (χ0) is 19.6. The summed E-state index contributed by atoms with van der Waals surface area (Å²) >= 11 is 5.22. The monoisotopic (exact) mass is 439 g/mol. The molecule has 3 heterocycles. The van der Waals surface area contributed by atoms with Gasteiger partial charge in [-0.15, -0.1) is 22.7 Å². The third-order valence-corrected chi connectivity index (χ3v) is 8.61. The number of fused-ring (bicyclic) bond motifs is 2. The van der Waals surface area contributed by atoms with Crippen molar-refractivity contribution in [2.45, 2.75) is 36.1 Å². The molecule has 29 heavy (non-hydrogen) atoms. The van der Waals surface area contributed by atoms with E-state index < -0.39 is 0 Å². The molecule has 2 aromatic heterocycles. The first-order chi connectivity index (χ1) is 14.3. The molecule has 0 spiro atoms. The van der Waals surface area contributed by atoms with Gasteiger partial charge in [-0.25, -0.2) is 9.97 Å². The molecular formula is C22H21N3OS3. The van der Waals surface area contributed by atoms with E-state index in [9.17, 15) is 4.79 Å². The highest BCUT2D eigenvalue weighted by Gasteiger charge is 2.31. The Labute approximate surface area is 182 Å². The normalized spacial score (nSPS) is 16.8. The maximum absolute atomic E-state index is 12.9. The molecule has 1 aliphatic heterocycles. The largest absolute Gasteiger partial charge is 0.333 e. The number of benzene rings is 2. The molecule has 1 saturated heterocycles. The molecule has 0 bridgehead atoms. The quantitative estimate of drug-likeness (QED) is 0.267. The van der Waals surface area contributed by atoms with Crippen molar-refractivity contribution in [1.82, 2.24) is 14.9 Å². The average molecular weight is 440 g/mol. The first kappa shape index (κ1) is 19.0. The van der Waals surface area contributed by atoms with Crippen LogP contribution in [0, 0.1) is 0 Å².